The Morgan fingerprint density at radius 1 is 0.778 bits per heavy atom. The number of hydrogen-bond acceptors (Lipinski definition) is 2. The molecule has 1 N–H and O–H groups in total. The Morgan fingerprint density at radius 3 is 1.83 bits per heavy atom. The van der Waals surface area contributed by atoms with Crippen molar-refractivity contribution in [2.24, 2.45) is 5.92 Å². The van der Waals surface area contributed by atoms with E-state index in [4.69, 9.17) is 0 Å². The van der Waals surface area contributed by atoms with Gasteiger partial charge in [-0.25, -0.2) is 0 Å². The molecular formula is C28H44N2OSiTi4. The summed E-state index contributed by atoms with van der Waals surface area (Å²) in [5.41, 5.74) is 4.62. The quantitative estimate of drug-likeness (QED) is 0.359. The molecule has 0 bridgehead atoms. The fraction of sp³-hybridized carbons (Fsp3) is 0.679. The Hall–Kier alpha value is 1.30. The Balaban J connectivity index is 0.00000306. The third-order valence-electron chi connectivity index (χ3n) is 8.04. The molecule has 3 aliphatic rings. The van der Waals surface area contributed by atoms with Gasteiger partial charge in [0.2, 0.25) is 5.91 Å². The van der Waals surface area contributed by atoms with Crippen LogP contribution >= 0.6 is 0 Å². The fourth-order valence-corrected chi connectivity index (χ4v) is 8.69. The normalized spacial score (nSPS) is 21.1. The van der Waals surface area contributed by atoms with Gasteiger partial charge in [-0.1, -0.05) is 101 Å². The van der Waals surface area contributed by atoms with Crippen molar-refractivity contribution in [3.63, 3.8) is 0 Å². The molecule has 1 saturated heterocycles. The van der Waals surface area contributed by atoms with Crippen LogP contribution in [-0.4, -0.2) is 32.1 Å². The largest absolute Gasteiger partial charge is 0.381 e. The average molecular weight is 644 g/mol. The zero-order valence-corrected chi connectivity index (χ0v) is 29.7. The minimum atomic E-state index is -2.03. The van der Waals surface area contributed by atoms with E-state index in [-0.39, 0.29) is 92.8 Å². The molecule has 2 fully saturated rings. The van der Waals surface area contributed by atoms with E-state index < -0.39 is 8.24 Å². The van der Waals surface area contributed by atoms with Crippen LogP contribution in [-0.2, 0) is 91.7 Å². The number of hydrogen-bond donors (Lipinski definition) is 1. The van der Waals surface area contributed by atoms with E-state index >= 15 is 0 Å². The summed E-state index contributed by atoms with van der Waals surface area (Å²) < 4.78 is 0. The van der Waals surface area contributed by atoms with Gasteiger partial charge < -0.3 is 9.88 Å². The van der Waals surface area contributed by atoms with E-state index in [1.807, 2.05) is 0 Å². The summed E-state index contributed by atoms with van der Waals surface area (Å²) in [5.74, 6) is 0.555. The van der Waals surface area contributed by atoms with Gasteiger partial charge in [-0.15, -0.1) is 0 Å². The van der Waals surface area contributed by atoms with Crippen molar-refractivity contribution in [3.05, 3.63) is 41.5 Å². The Bertz CT molecular complexity index is 802. The van der Waals surface area contributed by atoms with Crippen LogP contribution in [0.2, 0.25) is 13.1 Å². The van der Waals surface area contributed by atoms with Crippen LogP contribution in [0.15, 0.2) is 30.3 Å². The van der Waals surface area contributed by atoms with Crippen LogP contribution in [0.5, 0.6) is 0 Å². The molecule has 4 rings (SSSR count). The third kappa shape index (κ3) is 10.0. The second-order valence-corrected chi connectivity index (χ2v) is 15.3. The first-order chi connectivity index (χ1) is 15.6. The van der Waals surface area contributed by atoms with Crippen molar-refractivity contribution in [1.29, 1.82) is 0 Å². The molecule has 36 heavy (non-hydrogen) atoms. The van der Waals surface area contributed by atoms with Crippen LogP contribution in [0.25, 0.3) is 5.70 Å². The summed E-state index contributed by atoms with van der Waals surface area (Å²) in [7, 11) is -2.03. The van der Waals surface area contributed by atoms with Gasteiger partial charge in [0.25, 0.3) is 0 Å². The molecule has 1 atom stereocenters. The standard InChI is InChI=1S/C28H44N2OSi.4Ti/c1-32(2,29-28(31)23-16-10-8-6-4-3-5-7-9-11-17-23)27-22-26(30-20-14-15-21-30)24-18-12-13-19-25(24)27;;;;/h12-13,18-19,22-23,27H,3-11,14-17,20-21H2,1-2H3,(H,29,31);;;;. The maximum Gasteiger partial charge on any atom is 0.215 e. The number of carbonyl (C=O) groups excluding carboxylic acids is 1. The van der Waals surface area contributed by atoms with Crippen LogP contribution < -0.4 is 4.98 Å². The van der Waals surface area contributed by atoms with Gasteiger partial charge >= 0.3 is 0 Å². The van der Waals surface area contributed by atoms with Crippen molar-refractivity contribution in [2.45, 2.75) is 102 Å². The molecule has 1 saturated carbocycles. The first-order valence-corrected chi connectivity index (χ1v) is 16.5. The second kappa shape index (κ2) is 18.6. The first kappa shape index (κ1) is 37.3. The molecule has 2 aliphatic carbocycles. The molecule has 192 valence electrons. The van der Waals surface area contributed by atoms with E-state index in [0.717, 1.165) is 12.8 Å². The Labute approximate surface area is 281 Å². The molecular weight excluding hydrogens is 600 g/mol. The van der Waals surface area contributed by atoms with E-state index in [1.54, 1.807) is 0 Å². The second-order valence-electron chi connectivity index (χ2n) is 11.0. The first-order valence-electron chi connectivity index (χ1n) is 13.4. The molecule has 0 radical (unpaired) electrons. The van der Waals surface area contributed by atoms with Gasteiger partial charge in [-0.2, -0.15) is 0 Å². The number of benzene rings is 1. The monoisotopic (exact) mass is 644 g/mol. The number of nitrogens with one attached hydrogen (secondary N) is 1. The number of fused-ring (bicyclic) bond motifs is 1. The molecule has 3 nitrogen and oxygen atoms in total. The van der Waals surface area contributed by atoms with Gasteiger partial charge in [0.1, 0.15) is 0 Å². The summed E-state index contributed by atoms with van der Waals surface area (Å²) in [6.07, 6.45) is 19.1. The molecule has 1 aliphatic heterocycles. The van der Waals surface area contributed by atoms with Gasteiger partial charge in [0.05, 0.1) is 0 Å². The summed E-state index contributed by atoms with van der Waals surface area (Å²) in [6.45, 7) is 7.07. The van der Waals surface area contributed by atoms with E-state index in [2.05, 4.69) is 53.3 Å². The predicted molar refractivity (Wildman–Crippen MR) is 138 cm³/mol. The van der Waals surface area contributed by atoms with Crippen molar-refractivity contribution in [1.82, 2.24) is 9.88 Å². The molecule has 1 aromatic rings. The number of likely N-dealkylation sites (tertiary alicyclic amines) is 1. The fourth-order valence-electron chi connectivity index (χ4n) is 6.09. The van der Waals surface area contributed by atoms with Gasteiger partial charge in [0.15, 0.2) is 8.24 Å². The maximum atomic E-state index is 13.5. The molecule has 8 heteroatoms. The molecule has 0 spiro atoms. The van der Waals surface area contributed by atoms with Crippen molar-refractivity contribution < 1.29 is 91.7 Å². The summed E-state index contributed by atoms with van der Waals surface area (Å²) >= 11 is 0. The number of amides is 1. The van der Waals surface area contributed by atoms with Crippen molar-refractivity contribution in [3.8, 4) is 0 Å². The molecule has 1 unspecified atom stereocenters. The number of allylic oxidation sites excluding steroid dienone is 1. The van der Waals surface area contributed by atoms with Gasteiger partial charge in [-0.05, 0) is 31.2 Å². The van der Waals surface area contributed by atoms with Crippen molar-refractivity contribution >= 4 is 19.8 Å². The van der Waals surface area contributed by atoms with Crippen LogP contribution in [0.1, 0.15) is 100 Å². The number of rotatable bonds is 4. The summed E-state index contributed by atoms with van der Waals surface area (Å²) in [4.78, 5) is 19.8. The van der Waals surface area contributed by atoms with Gasteiger partial charge in [-0.3, -0.25) is 4.79 Å². The van der Waals surface area contributed by atoms with E-state index in [0.29, 0.717) is 11.4 Å². The average Bonchev–Trinajstić information content (AvgIpc) is 3.42. The van der Waals surface area contributed by atoms with E-state index in [1.165, 1.54) is 101 Å². The minimum absolute atomic E-state index is 0. The SMILES string of the molecule is C[Si](C)(NC(=O)C1CCCCCCCCCCC1)C1C=C(N2CCCC2)c2ccccc21.[Ti].[Ti].[Ti].[Ti]. The number of carbonyl (C=O) groups is 1. The number of nitrogens with zero attached hydrogens (tertiary/aromatic N) is 1. The molecule has 1 amide bonds. The predicted octanol–water partition coefficient (Wildman–Crippen LogP) is 6.99. The third-order valence-corrected chi connectivity index (χ3v) is 11.0. The van der Waals surface area contributed by atoms with E-state index in [9.17, 15) is 4.79 Å². The van der Waals surface area contributed by atoms with Crippen molar-refractivity contribution in [2.75, 3.05) is 13.1 Å². The van der Waals surface area contributed by atoms with Gasteiger partial charge in [0, 0.05) is 123 Å². The Kier molecular flexibility index (Phi) is 19.3. The molecule has 1 aromatic carbocycles. The smallest absolute Gasteiger partial charge is 0.215 e. The zero-order chi connectivity index (χ0) is 22.4. The summed E-state index contributed by atoms with van der Waals surface area (Å²) in [6, 6.07) is 8.93. The summed E-state index contributed by atoms with van der Waals surface area (Å²) in [5, 5.41) is 0. The maximum absolute atomic E-state index is 13.5. The van der Waals surface area contributed by atoms with Crippen LogP contribution in [0, 0.1) is 5.92 Å². The zero-order valence-electron chi connectivity index (χ0n) is 22.5. The van der Waals surface area contributed by atoms with Crippen LogP contribution in [0.3, 0.4) is 0 Å². The Morgan fingerprint density at radius 2 is 1.28 bits per heavy atom. The molecule has 0 aromatic heterocycles. The molecule has 1 heterocycles. The minimum Gasteiger partial charge on any atom is -0.381 e. The topological polar surface area (TPSA) is 32.3 Å². The van der Waals surface area contributed by atoms with Crippen LogP contribution in [0.4, 0.5) is 0 Å².